The fraction of sp³-hybridized carbons (Fsp3) is 0.650. The van der Waals surface area contributed by atoms with Crippen molar-refractivity contribution in [3.05, 3.63) is 39.9 Å². The SMILES string of the molecule is CCNC(=NCc1ccc([N+](=O)[O-])cc1)NCC(CC(C)C)N1CCOCC1. The van der Waals surface area contributed by atoms with Crippen LogP contribution in [0.25, 0.3) is 0 Å². The van der Waals surface area contributed by atoms with Crippen LogP contribution in [0.2, 0.25) is 0 Å². The smallest absolute Gasteiger partial charge is 0.269 e. The van der Waals surface area contributed by atoms with Gasteiger partial charge in [0.1, 0.15) is 0 Å². The fourth-order valence-corrected chi connectivity index (χ4v) is 3.30. The molecule has 8 heteroatoms. The first-order valence-electron chi connectivity index (χ1n) is 10.1. The van der Waals surface area contributed by atoms with Crippen molar-refractivity contribution < 1.29 is 9.66 Å². The van der Waals surface area contributed by atoms with E-state index in [9.17, 15) is 10.1 Å². The monoisotopic (exact) mass is 391 g/mol. The van der Waals surface area contributed by atoms with Gasteiger partial charge >= 0.3 is 0 Å². The minimum atomic E-state index is -0.390. The van der Waals surface area contributed by atoms with Crippen LogP contribution < -0.4 is 10.6 Å². The lowest BCUT2D eigenvalue weighted by molar-refractivity contribution is -0.384. The summed E-state index contributed by atoms with van der Waals surface area (Å²) in [4.78, 5) is 17.5. The average molecular weight is 392 g/mol. The second-order valence-corrected chi connectivity index (χ2v) is 7.43. The molecular formula is C20H33N5O3. The number of nitro benzene ring substituents is 1. The van der Waals surface area contributed by atoms with Gasteiger partial charge in [-0.1, -0.05) is 26.0 Å². The predicted molar refractivity (Wildman–Crippen MR) is 112 cm³/mol. The number of rotatable bonds is 9. The summed E-state index contributed by atoms with van der Waals surface area (Å²) < 4.78 is 5.49. The van der Waals surface area contributed by atoms with Gasteiger partial charge in [-0.2, -0.15) is 0 Å². The molecule has 1 atom stereocenters. The average Bonchev–Trinajstić information content (AvgIpc) is 2.69. The van der Waals surface area contributed by atoms with Gasteiger partial charge in [0, 0.05) is 44.4 Å². The number of ether oxygens (including phenoxy) is 1. The van der Waals surface area contributed by atoms with Gasteiger partial charge in [0.25, 0.3) is 5.69 Å². The highest BCUT2D eigenvalue weighted by atomic mass is 16.6. The number of hydrogen-bond acceptors (Lipinski definition) is 5. The van der Waals surface area contributed by atoms with Gasteiger partial charge in [-0.25, -0.2) is 4.99 Å². The predicted octanol–water partition coefficient (Wildman–Crippen LogP) is 2.40. The zero-order valence-corrected chi connectivity index (χ0v) is 17.2. The van der Waals surface area contributed by atoms with E-state index in [4.69, 9.17) is 4.74 Å². The van der Waals surface area contributed by atoms with Crippen LogP contribution in [0.1, 0.15) is 32.8 Å². The molecule has 28 heavy (non-hydrogen) atoms. The van der Waals surface area contributed by atoms with Crippen LogP contribution >= 0.6 is 0 Å². The van der Waals surface area contributed by atoms with E-state index in [1.54, 1.807) is 12.1 Å². The van der Waals surface area contributed by atoms with Gasteiger partial charge in [-0.15, -0.1) is 0 Å². The van der Waals surface area contributed by atoms with Gasteiger partial charge in [0.15, 0.2) is 5.96 Å². The third kappa shape index (κ3) is 7.44. The standard InChI is InChI=1S/C20H33N5O3/c1-4-21-20(22-14-17-5-7-18(8-6-17)25(26)27)23-15-19(13-16(2)3)24-9-11-28-12-10-24/h5-8,16,19H,4,9-15H2,1-3H3,(H2,21,22,23). The van der Waals surface area contributed by atoms with E-state index in [0.29, 0.717) is 18.5 Å². The Morgan fingerprint density at radius 2 is 1.93 bits per heavy atom. The lowest BCUT2D eigenvalue weighted by Crippen LogP contribution is -2.51. The molecule has 0 radical (unpaired) electrons. The van der Waals surface area contributed by atoms with Crippen LogP contribution in [0.5, 0.6) is 0 Å². The summed E-state index contributed by atoms with van der Waals surface area (Å²) >= 11 is 0. The van der Waals surface area contributed by atoms with Crippen molar-refractivity contribution in [1.29, 1.82) is 0 Å². The Kier molecular flexibility index (Phi) is 9.16. The molecule has 1 aromatic rings. The number of aliphatic imine (C=N–C) groups is 1. The molecular weight excluding hydrogens is 358 g/mol. The van der Waals surface area contributed by atoms with Gasteiger partial charge in [0.2, 0.25) is 0 Å². The van der Waals surface area contributed by atoms with E-state index >= 15 is 0 Å². The molecule has 1 saturated heterocycles. The van der Waals surface area contributed by atoms with Crippen LogP contribution in [0.3, 0.4) is 0 Å². The Bertz CT molecular complexity index is 627. The lowest BCUT2D eigenvalue weighted by atomic mass is 10.0. The summed E-state index contributed by atoms with van der Waals surface area (Å²) in [5, 5.41) is 17.5. The molecule has 1 aliphatic heterocycles. The highest BCUT2D eigenvalue weighted by molar-refractivity contribution is 5.79. The lowest BCUT2D eigenvalue weighted by Gasteiger charge is -2.35. The summed E-state index contributed by atoms with van der Waals surface area (Å²) in [6, 6.07) is 6.97. The van der Waals surface area contributed by atoms with Crippen LogP contribution in [0, 0.1) is 16.0 Å². The Morgan fingerprint density at radius 1 is 1.25 bits per heavy atom. The zero-order chi connectivity index (χ0) is 20.4. The van der Waals surface area contributed by atoms with Crippen molar-refractivity contribution in [3.63, 3.8) is 0 Å². The molecule has 0 aliphatic carbocycles. The molecule has 1 fully saturated rings. The molecule has 0 aromatic heterocycles. The van der Waals surface area contributed by atoms with E-state index in [2.05, 4.69) is 34.4 Å². The summed E-state index contributed by atoms with van der Waals surface area (Å²) in [6.45, 7) is 12.1. The number of guanidine groups is 1. The second-order valence-electron chi connectivity index (χ2n) is 7.43. The maximum Gasteiger partial charge on any atom is 0.269 e. The number of nitrogens with one attached hydrogen (secondary N) is 2. The topological polar surface area (TPSA) is 92.0 Å². The van der Waals surface area contributed by atoms with Gasteiger partial charge in [0.05, 0.1) is 24.7 Å². The highest BCUT2D eigenvalue weighted by Crippen LogP contribution is 2.14. The van der Waals surface area contributed by atoms with E-state index in [1.807, 2.05) is 6.92 Å². The molecule has 8 nitrogen and oxygen atoms in total. The van der Waals surface area contributed by atoms with Crippen molar-refractivity contribution in [2.75, 3.05) is 39.4 Å². The molecule has 156 valence electrons. The second kappa shape index (κ2) is 11.6. The summed E-state index contributed by atoms with van der Waals surface area (Å²) in [5.41, 5.74) is 1.04. The molecule has 0 saturated carbocycles. The van der Waals surface area contributed by atoms with Gasteiger partial charge in [-0.05, 0) is 24.8 Å². The molecule has 2 N–H and O–H groups in total. The largest absolute Gasteiger partial charge is 0.379 e. The zero-order valence-electron chi connectivity index (χ0n) is 17.2. The normalized spacial score (nSPS) is 16.8. The van der Waals surface area contributed by atoms with Crippen molar-refractivity contribution in [3.8, 4) is 0 Å². The number of non-ortho nitro benzene ring substituents is 1. The number of hydrogen-bond donors (Lipinski definition) is 2. The van der Waals surface area contributed by atoms with Crippen LogP contribution in [-0.2, 0) is 11.3 Å². The number of morpholine rings is 1. The Morgan fingerprint density at radius 3 is 2.50 bits per heavy atom. The first-order valence-corrected chi connectivity index (χ1v) is 10.1. The van der Waals surface area contributed by atoms with Crippen molar-refractivity contribution in [2.45, 2.75) is 39.8 Å². The molecule has 1 heterocycles. The van der Waals surface area contributed by atoms with E-state index < -0.39 is 0 Å². The number of benzene rings is 1. The van der Waals surface area contributed by atoms with Gasteiger partial charge in [-0.3, -0.25) is 15.0 Å². The molecule has 0 spiro atoms. The maximum absolute atomic E-state index is 10.8. The summed E-state index contributed by atoms with van der Waals surface area (Å²) in [5.74, 6) is 1.39. The highest BCUT2D eigenvalue weighted by Gasteiger charge is 2.22. The van der Waals surface area contributed by atoms with E-state index in [1.165, 1.54) is 12.1 Å². The molecule has 0 amide bonds. The third-order valence-corrected chi connectivity index (χ3v) is 4.72. The Balaban J connectivity index is 1.96. The molecule has 0 bridgehead atoms. The third-order valence-electron chi connectivity index (χ3n) is 4.72. The minimum Gasteiger partial charge on any atom is -0.379 e. The van der Waals surface area contributed by atoms with Crippen molar-refractivity contribution in [2.24, 2.45) is 10.9 Å². The van der Waals surface area contributed by atoms with Crippen molar-refractivity contribution >= 4 is 11.6 Å². The minimum absolute atomic E-state index is 0.0970. The van der Waals surface area contributed by atoms with Crippen molar-refractivity contribution in [1.82, 2.24) is 15.5 Å². The van der Waals surface area contributed by atoms with Crippen LogP contribution in [0.15, 0.2) is 29.3 Å². The van der Waals surface area contributed by atoms with E-state index in [0.717, 1.165) is 57.3 Å². The first-order chi connectivity index (χ1) is 13.5. The Labute approximate surface area is 167 Å². The number of nitrogens with zero attached hydrogens (tertiary/aromatic N) is 3. The Hall–Kier alpha value is -2.19. The van der Waals surface area contributed by atoms with Gasteiger partial charge < -0.3 is 15.4 Å². The molecule has 1 aromatic carbocycles. The summed E-state index contributed by atoms with van der Waals surface area (Å²) in [6.07, 6.45) is 1.12. The molecule has 1 aliphatic rings. The first kappa shape index (κ1) is 22.1. The van der Waals surface area contributed by atoms with Crippen LogP contribution in [0.4, 0.5) is 5.69 Å². The van der Waals surface area contributed by atoms with Crippen LogP contribution in [-0.4, -0.2) is 61.2 Å². The fourth-order valence-electron chi connectivity index (χ4n) is 3.30. The molecule has 1 unspecified atom stereocenters. The van der Waals surface area contributed by atoms with E-state index in [-0.39, 0.29) is 10.6 Å². The summed E-state index contributed by atoms with van der Waals surface area (Å²) in [7, 11) is 0. The quantitative estimate of drug-likeness (QED) is 0.291. The maximum atomic E-state index is 10.8. The molecule has 2 rings (SSSR count). The number of nitro groups is 1.